The first-order valence-corrected chi connectivity index (χ1v) is 9.59. The number of nitro benzene ring substituents is 1. The van der Waals surface area contributed by atoms with Crippen molar-refractivity contribution in [2.75, 3.05) is 13.1 Å². The Bertz CT molecular complexity index is 839. The third kappa shape index (κ3) is 7.42. The summed E-state index contributed by atoms with van der Waals surface area (Å²) >= 11 is 0. The molecular weight excluding hydrogens is 372 g/mol. The van der Waals surface area contributed by atoms with Crippen LogP contribution in [-0.2, 0) is 6.54 Å². The zero-order valence-corrected chi connectivity index (χ0v) is 17.0. The van der Waals surface area contributed by atoms with Crippen molar-refractivity contribution in [2.24, 2.45) is 4.99 Å². The fraction of sp³-hybridized carbons (Fsp3) is 0.381. The molecule has 0 aliphatic rings. The molecule has 0 heterocycles. The third-order valence-corrected chi connectivity index (χ3v) is 3.96. The number of aliphatic hydroxyl groups is 1. The molecule has 0 radical (unpaired) electrons. The van der Waals surface area contributed by atoms with Crippen molar-refractivity contribution in [3.05, 3.63) is 69.8 Å². The van der Waals surface area contributed by atoms with Crippen molar-refractivity contribution < 1.29 is 14.8 Å². The SMILES string of the molecule is CCNC(=NCc1cccc([N+](=O)[O-])c1)NCC(O)c1cccc(OC(C)C)c1. The number of nitro groups is 1. The summed E-state index contributed by atoms with van der Waals surface area (Å²) in [5.41, 5.74) is 1.51. The van der Waals surface area contributed by atoms with Gasteiger partial charge in [0, 0.05) is 25.2 Å². The molecule has 0 fully saturated rings. The van der Waals surface area contributed by atoms with Crippen LogP contribution >= 0.6 is 0 Å². The molecule has 0 amide bonds. The Hall–Kier alpha value is -3.13. The predicted octanol–water partition coefficient (Wildman–Crippen LogP) is 3.17. The normalized spacial score (nSPS) is 12.5. The quantitative estimate of drug-likeness (QED) is 0.258. The minimum atomic E-state index is -0.743. The predicted molar refractivity (Wildman–Crippen MR) is 113 cm³/mol. The van der Waals surface area contributed by atoms with Crippen molar-refractivity contribution in [1.29, 1.82) is 0 Å². The lowest BCUT2D eigenvalue weighted by atomic mass is 10.1. The molecule has 2 aromatic carbocycles. The average Bonchev–Trinajstić information content (AvgIpc) is 2.69. The molecule has 0 aliphatic heterocycles. The zero-order chi connectivity index (χ0) is 21.2. The van der Waals surface area contributed by atoms with Crippen LogP contribution in [0.2, 0.25) is 0 Å². The molecule has 156 valence electrons. The Morgan fingerprint density at radius 3 is 2.66 bits per heavy atom. The maximum Gasteiger partial charge on any atom is 0.269 e. The van der Waals surface area contributed by atoms with Gasteiger partial charge in [0.15, 0.2) is 5.96 Å². The first kappa shape index (κ1) is 22.2. The third-order valence-electron chi connectivity index (χ3n) is 3.96. The van der Waals surface area contributed by atoms with Crippen molar-refractivity contribution in [2.45, 2.75) is 39.5 Å². The van der Waals surface area contributed by atoms with Gasteiger partial charge < -0.3 is 20.5 Å². The van der Waals surface area contributed by atoms with Gasteiger partial charge in [-0.25, -0.2) is 4.99 Å². The summed E-state index contributed by atoms with van der Waals surface area (Å²) in [7, 11) is 0. The maximum atomic E-state index is 10.9. The molecule has 1 unspecified atom stereocenters. The summed E-state index contributed by atoms with van der Waals surface area (Å²) < 4.78 is 5.67. The first-order valence-electron chi connectivity index (χ1n) is 9.59. The molecule has 2 rings (SSSR count). The summed E-state index contributed by atoms with van der Waals surface area (Å²) in [6.45, 7) is 7.02. The number of hydrogen-bond acceptors (Lipinski definition) is 5. The van der Waals surface area contributed by atoms with Gasteiger partial charge in [-0.2, -0.15) is 0 Å². The van der Waals surface area contributed by atoms with E-state index < -0.39 is 11.0 Å². The first-order chi connectivity index (χ1) is 13.9. The van der Waals surface area contributed by atoms with Crippen LogP contribution in [0.4, 0.5) is 5.69 Å². The number of aliphatic hydroxyl groups excluding tert-OH is 1. The van der Waals surface area contributed by atoms with E-state index in [9.17, 15) is 15.2 Å². The van der Waals surface area contributed by atoms with Crippen LogP contribution in [0.3, 0.4) is 0 Å². The van der Waals surface area contributed by atoms with Crippen molar-refractivity contribution in [1.82, 2.24) is 10.6 Å². The van der Waals surface area contributed by atoms with Gasteiger partial charge in [0.25, 0.3) is 5.69 Å². The minimum Gasteiger partial charge on any atom is -0.491 e. The van der Waals surface area contributed by atoms with Crippen LogP contribution in [0, 0.1) is 10.1 Å². The van der Waals surface area contributed by atoms with E-state index in [4.69, 9.17) is 4.74 Å². The van der Waals surface area contributed by atoms with Crippen molar-refractivity contribution in [3.63, 3.8) is 0 Å². The second kappa shape index (κ2) is 11.0. The zero-order valence-electron chi connectivity index (χ0n) is 17.0. The van der Waals surface area contributed by atoms with Gasteiger partial charge in [-0.1, -0.05) is 24.3 Å². The number of guanidine groups is 1. The van der Waals surface area contributed by atoms with Crippen molar-refractivity contribution in [3.8, 4) is 5.75 Å². The number of nitrogens with zero attached hydrogens (tertiary/aromatic N) is 2. The highest BCUT2D eigenvalue weighted by Crippen LogP contribution is 2.20. The van der Waals surface area contributed by atoms with Crippen molar-refractivity contribution >= 4 is 11.6 Å². The molecule has 8 nitrogen and oxygen atoms in total. The molecule has 0 spiro atoms. The van der Waals surface area contributed by atoms with Gasteiger partial charge in [-0.05, 0) is 44.0 Å². The van der Waals surface area contributed by atoms with Crippen LogP contribution in [0.1, 0.15) is 38.0 Å². The summed E-state index contributed by atoms with van der Waals surface area (Å²) in [6, 6.07) is 13.7. The molecule has 0 saturated carbocycles. The van der Waals surface area contributed by atoms with E-state index in [-0.39, 0.29) is 24.9 Å². The number of benzene rings is 2. The minimum absolute atomic E-state index is 0.0366. The summed E-state index contributed by atoms with van der Waals surface area (Å²) in [6.07, 6.45) is -0.686. The number of hydrogen-bond donors (Lipinski definition) is 3. The summed E-state index contributed by atoms with van der Waals surface area (Å²) in [4.78, 5) is 14.9. The monoisotopic (exact) mass is 400 g/mol. The fourth-order valence-electron chi connectivity index (χ4n) is 2.66. The number of rotatable bonds is 9. The lowest BCUT2D eigenvalue weighted by molar-refractivity contribution is -0.384. The molecule has 2 aromatic rings. The molecule has 3 N–H and O–H groups in total. The number of non-ortho nitro benzene ring substituents is 1. The summed E-state index contributed by atoms with van der Waals surface area (Å²) in [5, 5.41) is 27.6. The smallest absolute Gasteiger partial charge is 0.269 e. The highest BCUT2D eigenvalue weighted by atomic mass is 16.6. The summed E-state index contributed by atoms with van der Waals surface area (Å²) in [5.74, 6) is 1.23. The lowest BCUT2D eigenvalue weighted by Crippen LogP contribution is -2.39. The number of nitrogens with one attached hydrogen (secondary N) is 2. The maximum absolute atomic E-state index is 10.9. The highest BCUT2D eigenvalue weighted by molar-refractivity contribution is 5.79. The van der Waals surface area contributed by atoms with Crippen LogP contribution < -0.4 is 15.4 Å². The Morgan fingerprint density at radius 2 is 1.97 bits per heavy atom. The number of aliphatic imine (C=N–C) groups is 1. The number of ether oxygens (including phenoxy) is 1. The molecule has 29 heavy (non-hydrogen) atoms. The van der Waals surface area contributed by atoms with Crippen LogP contribution in [0.5, 0.6) is 5.75 Å². The van der Waals surface area contributed by atoms with Crippen LogP contribution in [0.25, 0.3) is 0 Å². The van der Waals surface area contributed by atoms with Gasteiger partial charge in [-0.15, -0.1) is 0 Å². The standard InChI is InChI=1S/C21H28N4O4/c1-4-22-21(23-13-16-7-5-9-18(11-16)25(27)28)24-14-20(26)17-8-6-10-19(12-17)29-15(2)3/h5-12,15,20,26H,4,13-14H2,1-3H3,(H2,22,23,24). The van der Waals surface area contributed by atoms with Crippen LogP contribution in [-0.4, -0.2) is 35.2 Å². The molecule has 0 bridgehead atoms. The Kier molecular flexibility index (Phi) is 8.42. The molecule has 8 heteroatoms. The topological polar surface area (TPSA) is 109 Å². The Labute approximate surface area is 170 Å². The van der Waals surface area contributed by atoms with Gasteiger partial charge >= 0.3 is 0 Å². The van der Waals surface area contributed by atoms with Gasteiger partial charge in [0.05, 0.1) is 23.7 Å². The molecule has 0 saturated heterocycles. The van der Waals surface area contributed by atoms with E-state index in [1.165, 1.54) is 12.1 Å². The molecule has 0 aliphatic carbocycles. The molecular formula is C21H28N4O4. The second-order valence-corrected chi connectivity index (χ2v) is 6.76. The average molecular weight is 400 g/mol. The highest BCUT2D eigenvalue weighted by Gasteiger charge is 2.11. The van der Waals surface area contributed by atoms with Gasteiger partial charge in [-0.3, -0.25) is 10.1 Å². The van der Waals surface area contributed by atoms with Crippen LogP contribution in [0.15, 0.2) is 53.5 Å². The van der Waals surface area contributed by atoms with E-state index >= 15 is 0 Å². The second-order valence-electron chi connectivity index (χ2n) is 6.76. The van der Waals surface area contributed by atoms with E-state index in [0.29, 0.717) is 18.3 Å². The Morgan fingerprint density at radius 1 is 1.21 bits per heavy atom. The lowest BCUT2D eigenvalue weighted by Gasteiger charge is -2.17. The molecule has 1 atom stereocenters. The van der Waals surface area contributed by atoms with Gasteiger partial charge in [0.2, 0.25) is 0 Å². The molecule has 0 aromatic heterocycles. The van der Waals surface area contributed by atoms with E-state index in [0.717, 1.165) is 11.1 Å². The van der Waals surface area contributed by atoms with E-state index in [1.807, 2.05) is 45.0 Å². The Balaban J connectivity index is 2.00. The fourth-order valence-corrected chi connectivity index (χ4v) is 2.66. The largest absolute Gasteiger partial charge is 0.491 e. The van der Waals surface area contributed by atoms with E-state index in [2.05, 4.69) is 15.6 Å². The van der Waals surface area contributed by atoms with Gasteiger partial charge in [0.1, 0.15) is 5.75 Å². The van der Waals surface area contributed by atoms with E-state index in [1.54, 1.807) is 12.1 Å².